The number of halogens is 1. The third kappa shape index (κ3) is 2.88. The van der Waals surface area contributed by atoms with Crippen LogP contribution in [-0.4, -0.2) is 41.9 Å². The maximum Gasteiger partial charge on any atom is 0.236 e. The Kier molecular flexibility index (Phi) is 3.94. The number of benzene rings is 2. The van der Waals surface area contributed by atoms with E-state index in [1.54, 1.807) is 11.0 Å². The van der Waals surface area contributed by atoms with Crippen molar-refractivity contribution in [3.63, 3.8) is 0 Å². The van der Waals surface area contributed by atoms with Gasteiger partial charge in [0.2, 0.25) is 11.8 Å². The number of aromatic nitrogens is 2. The summed E-state index contributed by atoms with van der Waals surface area (Å²) in [7, 11) is 1.91. The Bertz CT molecular complexity index is 1170. The molecule has 2 aliphatic heterocycles. The van der Waals surface area contributed by atoms with Crippen molar-refractivity contribution in [1.82, 2.24) is 9.97 Å². The summed E-state index contributed by atoms with van der Waals surface area (Å²) in [5, 5.41) is 2.65. The number of fused-ring (bicyclic) bond motifs is 3. The molecule has 2 aliphatic rings. The van der Waals surface area contributed by atoms with Crippen molar-refractivity contribution in [2.24, 2.45) is 0 Å². The van der Waals surface area contributed by atoms with Gasteiger partial charge >= 0.3 is 0 Å². The SMILES string of the molecule is CN1CCN(C(=O)C2CC(=O)Nc3cc(F)ccc32)c2nc3ccccc3nc21. The highest BCUT2D eigenvalue weighted by molar-refractivity contribution is 6.07. The highest BCUT2D eigenvalue weighted by Gasteiger charge is 2.37. The number of likely N-dealkylation sites (N-methyl/N-ethyl adjacent to an activating group) is 1. The van der Waals surface area contributed by atoms with E-state index in [-0.39, 0.29) is 18.2 Å². The van der Waals surface area contributed by atoms with Crippen LogP contribution in [0.5, 0.6) is 0 Å². The zero-order valence-corrected chi connectivity index (χ0v) is 15.7. The van der Waals surface area contributed by atoms with Crippen LogP contribution in [0.1, 0.15) is 17.9 Å². The number of carbonyl (C=O) groups is 2. The van der Waals surface area contributed by atoms with Gasteiger partial charge < -0.3 is 10.2 Å². The van der Waals surface area contributed by atoms with Crippen LogP contribution >= 0.6 is 0 Å². The number of carbonyl (C=O) groups excluding carboxylic acids is 2. The van der Waals surface area contributed by atoms with Crippen LogP contribution in [0.15, 0.2) is 42.5 Å². The molecule has 0 fully saturated rings. The van der Waals surface area contributed by atoms with Crippen molar-refractivity contribution in [2.75, 3.05) is 35.3 Å². The fourth-order valence-corrected chi connectivity index (χ4v) is 3.94. The summed E-state index contributed by atoms with van der Waals surface area (Å²) < 4.78 is 13.6. The van der Waals surface area contributed by atoms with E-state index in [1.807, 2.05) is 36.2 Å². The van der Waals surface area contributed by atoms with Gasteiger partial charge in [-0.3, -0.25) is 14.5 Å². The van der Waals surface area contributed by atoms with E-state index in [1.165, 1.54) is 12.1 Å². The van der Waals surface area contributed by atoms with Gasteiger partial charge in [-0.05, 0) is 29.8 Å². The number of hydrogen-bond donors (Lipinski definition) is 1. The third-order valence-electron chi connectivity index (χ3n) is 5.43. The molecular weight excluding hydrogens is 373 g/mol. The first kappa shape index (κ1) is 17.5. The molecule has 146 valence electrons. The predicted molar refractivity (Wildman–Crippen MR) is 108 cm³/mol. The van der Waals surface area contributed by atoms with E-state index in [2.05, 4.69) is 10.3 Å². The van der Waals surface area contributed by atoms with Gasteiger partial charge in [0.25, 0.3) is 0 Å². The van der Waals surface area contributed by atoms with E-state index in [9.17, 15) is 14.0 Å². The molecule has 0 aliphatic carbocycles. The number of para-hydroxylation sites is 2. The Balaban J connectivity index is 1.59. The van der Waals surface area contributed by atoms with Crippen LogP contribution in [0.3, 0.4) is 0 Å². The van der Waals surface area contributed by atoms with Crippen LogP contribution in [0.2, 0.25) is 0 Å². The van der Waals surface area contributed by atoms with E-state index < -0.39 is 11.7 Å². The van der Waals surface area contributed by atoms with Crippen molar-refractivity contribution in [1.29, 1.82) is 0 Å². The molecule has 29 heavy (non-hydrogen) atoms. The molecule has 0 radical (unpaired) electrons. The van der Waals surface area contributed by atoms with Crippen molar-refractivity contribution in [2.45, 2.75) is 12.3 Å². The second-order valence-electron chi connectivity index (χ2n) is 7.31. The minimum Gasteiger partial charge on any atom is -0.355 e. The summed E-state index contributed by atoms with van der Waals surface area (Å²) in [5.74, 6) is -0.574. The third-order valence-corrected chi connectivity index (χ3v) is 5.43. The molecule has 1 aromatic heterocycles. The number of anilines is 3. The molecule has 0 bridgehead atoms. The summed E-state index contributed by atoms with van der Waals surface area (Å²) in [4.78, 5) is 38.6. The Morgan fingerprint density at radius 2 is 1.83 bits per heavy atom. The number of hydrogen-bond acceptors (Lipinski definition) is 5. The molecule has 1 atom stereocenters. The van der Waals surface area contributed by atoms with E-state index >= 15 is 0 Å². The summed E-state index contributed by atoms with van der Waals surface area (Å²) in [6, 6.07) is 11.6. The van der Waals surface area contributed by atoms with Gasteiger partial charge in [0.1, 0.15) is 5.82 Å². The fraction of sp³-hybridized carbons (Fsp3) is 0.238. The van der Waals surface area contributed by atoms with Crippen LogP contribution in [0, 0.1) is 5.82 Å². The summed E-state index contributed by atoms with van der Waals surface area (Å²) >= 11 is 0. The van der Waals surface area contributed by atoms with Crippen molar-refractivity contribution in [3.05, 3.63) is 53.8 Å². The Labute approximate surface area is 166 Å². The first-order chi connectivity index (χ1) is 14.0. The molecule has 2 amide bonds. The van der Waals surface area contributed by atoms with Crippen LogP contribution in [0.25, 0.3) is 11.0 Å². The number of nitrogens with one attached hydrogen (secondary N) is 1. The molecule has 0 saturated heterocycles. The van der Waals surface area contributed by atoms with E-state index in [4.69, 9.17) is 4.98 Å². The monoisotopic (exact) mass is 391 g/mol. The Hall–Kier alpha value is -3.55. The van der Waals surface area contributed by atoms with Crippen molar-refractivity contribution >= 4 is 40.2 Å². The lowest BCUT2D eigenvalue weighted by Crippen LogP contribution is -2.46. The average Bonchev–Trinajstić information content (AvgIpc) is 2.71. The standard InChI is InChI=1S/C21H18FN5O2/c1-26-8-9-27(20-19(26)24-15-4-2-3-5-16(15)25-20)21(29)14-11-18(28)23-17-10-12(22)6-7-13(14)17/h2-7,10,14H,8-9,11H2,1H3,(H,23,28). The molecule has 0 spiro atoms. The first-order valence-corrected chi connectivity index (χ1v) is 9.40. The minimum absolute atomic E-state index is 0.0140. The summed E-state index contributed by atoms with van der Waals surface area (Å²) in [6.07, 6.45) is 0.0140. The van der Waals surface area contributed by atoms with E-state index in [0.29, 0.717) is 41.5 Å². The van der Waals surface area contributed by atoms with Crippen LogP contribution in [0.4, 0.5) is 21.7 Å². The normalized spacial score (nSPS) is 18.3. The Morgan fingerprint density at radius 3 is 2.59 bits per heavy atom. The van der Waals surface area contributed by atoms with Gasteiger partial charge in [-0.1, -0.05) is 18.2 Å². The largest absolute Gasteiger partial charge is 0.355 e. The summed E-state index contributed by atoms with van der Waals surface area (Å²) in [6.45, 7) is 1.03. The Morgan fingerprint density at radius 1 is 1.10 bits per heavy atom. The highest BCUT2D eigenvalue weighted by Crippen LogP contribution is 2.37. The highest BCUT2D eigenvalue weighted by atomic mass is 19.1. The molecule has 7 nitrogen and oxygen atoms in total. The van der Waals surface area contributed by atoms with Gasteiger partial charge in [-0.15, -0.1) is 0 Å². The predicted octanol–water partition coefficient (Wildman–Crippen LogP) is 2.68. The van der Waals surface area contributed by atoms with Gasteiger partial charge in [0.05, 0.1) is 17.0 Å². The molecule has 1 unspecified atom stereocenters. The van der Waals surface area contributed by atoms with Crippen LogP contribution in [-0.2, 0) is 9.59 Å². The van der Waals surface area contributed by atoms with Gasteiger partial charge in [0, 0.05) is 32.2 Å². The lowest BCUT2D eigenvalue weighted by molar-refractivity contribution is -0.124. The van der Waals surface area contributed by atoms with Gasteiger partial charge in [-0.2, -0.15) is 0 Å². The number of nitrogens with zero attached hydrogens (tertiary/aromatic N) is 4. The van der Waals surface area contributed by atoms with Crippen molar-refractivity contribution in [3.8, 4) is 0 Å². The molecular formula is C21H18FN5O2. The molecule has 3 heterocycles. The first-order valence-electron chi connectivity index (χ1n) is 9.40. The number of rotatable bonds is 1. The minimum atomic E-state index is -0.691. The molecule has 8 heteroatoms. The number of amides is 2. The zero-order valence-electron chi connectivity index (χ0n) is 15.7. The lowest BCUT2D eigenvalue weighted by Gasteiger charge is -2.36. The van der Waals surface area contributed by atoms with E-state index in [0.717, 1.165) is 5.52 Å². The van der Waals surface area contributed by atoms with Crippen LogP contribution < -0.4 is 15.1 Å². The smallest absolute Gasteiger partial charge is 0.236 e. The fourth-order valence-electron chi connectivity index (χ4n) is 3.94. The molecule has 2 aromatic carbocycles. The maximum atomic E-state index is 13.6. The zero-order chi connectivity index (χ0) is 20.1. The lowest BCUT2D eigenvalue weighted by atomic mass is 9.89. The molecule has 1 N–H and O–H groups in total. The summed E-state index contributed by atoms with van der Waals surface area (Å²) in [5.41, 5.74) is 2.41. The molecule has 0 saturated carbocycles. The van der Waals surface area contributed by atoms with Gasteiger partial charge in [-0.25, -0.2) is 14.4 Å². The molecule has 3 aromatic rings. The topological polar surface area (TPSA) is 78.4 Å². The maximum absolute atomic E-state index is 13.6. The van der Waals surface area contributed by atoms with Crippen molar-refractivity contribution < 1.29 is 14.0 Å². The average molecular weight is 391 g/mol. The quantitative estimate of drug-likeness (QED) is 0.690. The second kappa shape index (κ2) is 6.51. The second-order valence-corrected chi connectivity index (χ2v) is 7.31. The molecule has 5 rings (SSSR count). The van der Waals surface area contributed by atoms with Gasteiger partial charge in [0.15, 0.2) is 11.6 Å².